The molecule has 1 aliphatic heterocycles. The SMILES string of the molecule is CC(C)(COP(=O)(O)OP(=O)(O)OC[C@H]1O[C@@H](n2cnc3c(N)ncnc32)[C@H](O)[C@@H]1OP(=O)(O)O)[C@@H](O)C(=O)NCCC(=O)NCCSCc1ccccc1. The van der Waals surface area contributed by atoms with Crippen molar-refractivity contribution in [1.29, 1.82) is 0 Å². The number of nitrogen functional groups attached to an aromatic ring is 1. The van der Waals surface area contributed by atoms with E-state index in [-0.39, 0.29) is 35.9 Å². The van der Waals surface area contributed by atoms with Crippen molar-refractivity contribution in [1.82, 2.24) is 30.2 Å². The molecule has 27 heteroatoms. The van der Waals surface area contributed by atoms with Gasteiger partial charge in [0, 0.05) is 36.4 Å². The van der Waals surface area contributed by atoms with Crippen LogP contribution in [0, 0.1) is 5.41 Å². The quantitative estimate of drug-likeness (QED) is 0.0515. The van der Waals surface area contributed by atoms with Crippen molar-refractivity contribution >= 4 is 64.0 Å². The number of nitrogens with zero attached hydrogens (tertiary/aromatic N) is 4. The van der Waals surface area contributed by atoms with Crippen LogP contribution in [-0.2, 0) is 51.7 Å². The van der Waals surface area contributed by atoms with E-state index in [2.05, 4.69) is 34.4 Å². The van der Waals surface area contributed by atoms with E-state index in [1.807, 2.05) is 30.3 Å². The average molecular weight is 858 g/mol. The Kier molecular flexibility index (Phi) is 15.5. The number of nitrogens with two attached hydrogens (primary N) is 1. The van der Waals surface area contributed by atoms with Crippen molar-refractivity contribution in [2.75, 3.05) is 37.8 Å². The third kappa shape index (κ3) is 13.3. The Balaban J connectivity index is 1.23. The van der Waals surface area contributed by atoms with Crippen molar-refractivity contribution in [3.8, 4) is 0 Å². The van der Waals surface area contributed by atoms with Gasteiger partial charge in [-0.05, 0) is 5.56 Å². The van der Waals surface area contributed by atoms with Crippen LogP contribution in [0.15, 0.2) is 43.0 Å². The zero-order valence-corrected chi connectivity index (χ0v) is 32.8. The predicted octanol–water partition coefficient (Wildman–Crippen LogP) is 0.338. The highest BCUT2D eigenvalue weighted by Gasteiger charge is 2.50. The molecule has 23 nitrogen and oxygen atoms in total. The van der Waals surface area contributed by atoms with Gasteiger partial charge in [-0.15, -0.1) is 0 Å². The highest BCUT2D eigenvalue weighted by molar-refractivity contribution is 7.98. The number of aromatic nitrogens is 4. The summed E-state index contributed by atoms with van der Waals surface area (Å²) in [7, 11) is -16.3. The number of amides is 2. The summed E-state index contributed by atoms with van der Waals surface area (Å²) in [6.07, 6.45) is -6.74. The maximum Gasteiger partial charge on any atom is 0.481 e. The minimum absolute atomic E-state index is 0.0358. The smallest absolute Gasteiger partial charge is 0.386 e. The maximum atomic E-state index is 12.7. The van der Waals surface area contributed by atoms with Crippen LogP contribution in [0.4, 0.5) is 5.82 Å². The lowest BCUT2D eigenvalue weighted by Crippen LogP contribution is -2.46. The van der Waals surface area contributed by atoms with Crippen molar-refractivity contribution in [2.45, 2.75) is 56.7 Å². The van der Waals surface area contributed by atoms with Gasteiger partial charge >= 0.3 is 23.5 Å². The maximum absolute atomic E-state index is 12.7. The molecule has 4 rings (SSSR count). The highest BCUT2D eigenvalue weighted by Crippen LogP contribution is 2.61. The van der Waals surface area contributed by atoms with Crippen LogP contribution >= 0.6 is 35.2 Å². The number of fused-ring (bicyclic) bond motifs is 1. The monoisotopic (exact) mass is 857 g/mol. The molecule has 3 heterocycles. The zero-order valence-electron chi connectivity index (χ0n) is 29.3. The van der Waals surface area contributed by atoms with Crippen LogP contribution in [0.2, 0.25) is 0 Å². The van der Waals surface area contributed by atoms with Gasteiger partial charge in [0.2, 0.25) is 11.8 Å². The number of nitrogens with one attached hydrogen (secondary N) is 2. The Morgan fingerprint density at radius 2 is 1.73 bits per heavy atom. The van der Waals surface area contributed by atoms with E-state index in [0.717, 1.165) is 28.5 Å². The molecule has 2 unspecified atom stereocenters. The van der Waals surface area contributed by atoms with E-state index in [9.17, 15) is 53.1 Å². The first kappa shape index (κ1) is 44.8. The molecule has 1 aliphatic rings. The van der Waals surface area contributed by atoms with Gasteiger partial charge in [-0.1, -0.05) is 44.2 Å². The summed E-state index contributed by atoms with van der Waals surface area (Å²) in [5.74, 6) is 0.152. The second kappa shape index (κ2) is 19.0. The molecule has 10 N–H and O–H groups in total. The molecule has 0 saturated carbocycles. The molecule has 306 valence electrons. The third-order valence-corrected chi connectivity index (χ3v) is 11.9. The number of benzene rings is 1. The number of anilines is 1. The topological polar surface area (TPSA) is 347 Å². The average Bonchev–Trinajstić information content (AvgIpc) is 3.66. The van der Waals surface area contributed by atoms with Gasteiger partial charge in [0.1, 0.15) is 36.3 Å². The number of rotatable bonds is 21. The number of phosphoric ester groups is 3. The summed E-state index contributed by atoms with van der Waals surface area (Å²) in [6, 6.07) is 9.81. The second-order valence-electron chi connectivity index (χ2n) is 12.6. The Morgan fingerprint density at radius 3 is 2.42 bits per heavy atom. The molecule has 2 amide bonds. The van der Waals surface area contributed by atoms with Gasteiger partial charge in [-0.25, -0.2) is 28.6 Å². The molecule has 1 aromatic carbocycles. The van der Waals surface area contributed by atoms with Crippen molar-refractivity contribution < 1.29 is 75.7 Å². The molecular formula is C28H42N7O16P3S. The molecule has 1 fully saturated rings. The number of phosphoric acid groups is 3. The van der Waals surface area contributed by atoms with E-state index in [1.54, 1.807) is 11.8 Å². The highest BCUT2D eigenvalue weighted by atomic mass is 32.2. The largest absolute Gasteiger partial charge is 0.481 e. The number of carbonyl (C=O) groups excluding carboxylic acids is 2. The first-order valence-corrected chi connectivity index (χ1v) is 21.9. The lowest BCUT2D eigenvalue weighted by molar-refractivity contribution is -0.137. The Morgan fingerprint density at radius 1 is 1.04 bits per heavy atom. The van der Waals surface area contributed by atoms with Crippen LogP contribution in [0.1, 0.15) is 32.1 Å². The van der Waals surface area contributed by atoms with Gasteiger partial charge < -0.3 is 50.9 Å². The number of carbonyl (C=O) groups is 2. The van der Waals surface area contributed by atoms with E-state index in [4.69, 9.17) is 19.5 Å². The number of thioether (sulfide) groups is 1. The fourth-order valence-corrected chi connectivity index (χ4v) is 8.61. The minimum atomic E-state index is -5.55. The fourth-order valence-electron chi connectivity index (χ4n) is 4.97. The molecule has 0 radical (unpaired) electrons. The van der Waals surface area contributed by atoms with E-state index in [0.29, 0.717) is 12.3 Å². The fraction of sp³-hybridized carbons (Fsp3) is 0.536. The molecule has 0 spiro atoms. The third-order valence-electron chi connectivity index (χ3n) is 7.76. The summed E-state index contributed by atoms with van der Waals surface area (Å²) in [5, 5.41) is 26.5. The normalized spacial score (nSPS) is 21.8. The van der Waals surface area contributed by atoms with E-state index < -0.39 is 78.6 Å². The molecular weight excluding hydrogens is 815 g/mol. The van der Waals surface area contributed by atoms with E-state index in [1.165, 1.54) is 13.8 Å². The molecule has 7 atom stereocenters. The molecule has 2 aromatic heterocycles. The summed E-state index contributed by atoms with van der Waals surface area (Å²) < 4.78 is 62.1. The predicted molar refractivity (Wildman–Crippen MR) is 192 cm³/mol. The first-order valence-electron chi connectivity index (χ1n) is 16.2. The summed E-state index contributed by atoms with van der Waals surface area (Å²) in [6.45, 7) is 0.846. The van der Waals surface area contributed by atoms with Crippen molar-refractivity contribution in [2.24, 2.45) is 5.41 Å². The summed E-state index contributed by atoms with van der Waals surface area (Å²) in [4.78, 5) is 75.6. The zero-order chi connectivity index (χ0) is 40.6. The molecule has 1 saturated heterocycles. The Bertz CT molecular complexity index is 1920. The lowest BCUT2D eigenvalue weighted by atomic mass is 9.87. The number of hydrogen-bond donors (Lipinski definition) is 9. The molecule has 55 heavy (non-hydrogen) atoms. The van der Waals surface area contributed by atoms with Crippen LogP contribution in [0.3, 0.4) is 0 Å². The molecule has 0 bridgehead atoms. The van der Waals surface area contributed by atoms with Crippen molar-refractivity contribution in [3.05, 3.63) is 48.5 Å². The van der Waals surface area contributed by atoms with Gasteiger partial charge in [-0.2, -0.15) is 16.1 Å². The van der Waals surface area contributed by atoms with Crippen molar-refractivity contribution in [3.63, 3.8) is 0 Å². The molecule has 3 aromatic rings. The lowest BCUT2D eigenvalue weighted by Gasteiger charge is -2.30. The van der Waals surface area contributed by atoms with Crippen LogP contribution in [0.5, 0.6) is 0 Å². The van der Waals surface area contributed by atoms with Crippen LogP contribution in [0.25, 0.3) is 11.2 Å². The standard InChI is InChI=1S/C28H42N7O16P3S/c1-28(2,23(38)26(39)31-9-8-19(36)30-10-11-55-13-17-6-4-3-5-7-17)14-48-54(45,46)51-53(43,44)47-12-18-22(50-52(40,41)42)21(37)27(49-18)35-16-34-20-24(29)32-15-33-25(20)35/h3-7,15-16,18,21-23,27,37-38H,8-14H2,1-2H3,(H,30,36)(H,31,39)(H,43,44)(H,45,46)(H2,29,32,33)(H2,40,41,42)/t18-,21-,22-,23+,27-/m1/s1. The van der Waals surface area contributed by atoms with E-state index >= 15 is 0 Å². The van der Waals surface area contributed by atoms with Crippen LogP contribution in [-0.4, -0.2) is 118 Å². The number of aliphatic hydroxyl groups is 2. The molecule has 0 aliphatic carbocycles. The first-order chi connectivity index (χ1) is 25.7. The summed E-state index contributed by atoms with van der Waals surface area (Å²) >= 11 is 1.64. The Hall–Kier alpha value is -2.89. The van der Waals surface area contributed by atoms with Gasteiger partial charge in [-0.3, -0.25) is 27.7 Å². The van der Waals surface area contributed by atoms with Gasteiger partial charge in [0.05, 0.1) is 19.5 Å². The number of imidazole rings is 1. The van der Waals surface area contributed by atoms with Gasteiger partial charge in [0.15, 0.2) is 17.7 Å². The second-order valence-corrected chi connectivity index (χ2v) is 17.9. The van der Waals surface area contributed by atoms with Crippen LogP contribution < -0.4 is 16.4 Å². The number of ether oxygens (including phenoxy) is 1. The Labute approximate surface area is 317 Å². The summed E-state index contributed by atoms with van der Waals surface area (Å²) in [5.41, 5.74) is 5.47. The number of hydrogen-bond acceptors (Lipinski definition) is 17. The minimum Gasteiger partial charge on any atom is -0.386 e. The number of aliphatic hydroxyl groups excluding tert-OH is 2. The van der Waals surface area contributed by atoms with Gasteiger partial charge in [0.25, 0.3) is 0 Å².